The van der Waals surface area contributed by atoms with E-state index in [1.807, 2.05) is 21.6 Å². The van der Waals surface area contributed by atoms with Crippen LogP contribution in [0.1, 0.15) is 6.42 Å². The van der Waals surface area contributed by atoms with Crippen LogP contribution in [0.25, 0.3) is 0 Å². The van der Waals surface area contributed by atoms with Crippen molar-refractivity contribution in [3.8, 4) is 0 Å². The molecule has 0 aromatic carbocycles. The molecule has 0 unspecified atom stereocenters. The summed E-state index contributed by atoms with van der Waals surface area (Å²) in [5.74, 6) is 2.76. The summed E-state index contributed by atoms with van der Waals surface area (Å²) in [6.45, 7) is 0. The molecule has 0 aliphatic carbocycles. The Labute approximate surface area is 40.1 Å². The van der Waals surface area contributed by atoms with Gasteiger partial charge in [0.1, 0.15) is 0 Å². The van der Waals surface area contributed by atoms with Gasteiger partial charge in [0.05, 0.1) is 0 Å². The average molecular weight is 106 g/mol. The van der Waals surface area contributed by atoms with Gasteiger partial charge in [-0.25, -0.2) is 0 Å². The maximum Gasteiger partial charge on any atom is 0.00450 e. The van der Waals surface area contributed by atoms with Crippen LogP contribution in [0.3, 0.4) is 0 Å². The standard InChI is InChI=1S/C3H6S2/c1-2-4-5-3-1/h1-3H2. The third-order valence-electron chi connectivity index (χ3n) is 0.539. The Morgan fingerprint density at radius 2 is 1.60 bits per heavy atom. The van der Waals surface area contributed by atoms with E-state index in [0.717, 1.165) is 0 Å². The molecule has 0 aromatic rings. The zero-order chi connectivity index (χ0) is 3.54. The molecule has 0 amide bonds. The van der Waals surface area contributed by atoms with E-state index < -0.39 is 0 Å². The molecule has 1 fully saturated rings. The second-order valence-electron chi connectivity index (χ2n) is 0.998. The molecule has 0 aromatic heterocycles. The lowest BCUT2D eigenvalue weighted by Gasteiger charge is -1.69. The normalized spacial score (nSPS) is 24.0. The molecular weight excluding hydrogens is 100 g/mol. The van der Waals surface area contributed by atoms with Crippen molar-refractivity contribution < 1.29 is 0 Å². The Morgan fingerprint density at radius 1 is 1.00 bits per heavy atom. The van der Waals surface area contributed by atoms with Gasteiger partial charge in [0.25, 0.3) is 0 Å². The molecule has 0 spiro atoms. The van der Waals surface area contributed by atoms with Crippen molar-refractivity contribution in [3.63, 3.8) is 0 Å². The van der Waals surface area contributed by atoms with Crippen molar-refractivity contribution in [2.24, 2.45) is 0 Å². The first-order valence-corrected chi connectivity index (χ1v) is 4.23. The first-order valence-electron chi connectivity index (χ1n) is 1.74. The smallest absolute Gasteiger partial charge is 0.00450 e. The second kappa shape index (κ2) is 1.98. The molecule has 1 aliphatic rings. The molecular formula is C3H6S2. The number of hydrogen-bond donors (Lipinski definition) is 0. The summed E-state index contributed by atoms with van der Waals surface area (Å²) >= 11 is 0. The van der Waals surface area contributed by atoms with Gasteiger partial charge in [0.15, 0.2) is 0 Å². The molecule has 1 heterocycles. The predicted octanol–water partition coefficient (Wildman–Crippen LogP) is 1.77. The van der Waals surface area contributed by atoms with Crippen LogP contribution in [0.2, 0.25) is 0 Å². The van der Waals surface area contributed by atoms with Gasteiger partial charge >= 0.3 is 0 Å². The molecule has 0 N–H and O–H groups in total. The van der Waals surface area contributed by atoms with Crippen LogP contribution in [0.4, 0.5) is 0 Å². The summed E-state index contributed by atoms with van der Waals surface area (Å²) in [4.78, 5) is 0. The molecule has 30 valence electrons. The van der Waals surface area contributed by atoms with Gasteiger partial charge in [-0.2, -0.15) is 0 Å². The van der Waals surface area contributed by atoms with Gasteiger partial charge in [0.2, 0.25) is 0 Å². The molecule has 0 atom stereocenters. The zero-order valence-electron chi connectivity index (χ0n) is 2.94. The lowest BCUT2D eigenvalue weighted by molar-refractivity contribution is 1.15. The van der Waals surface area contributed by atoms with Gasteiger partial charge in [-0.05, 0) is 6.42 Å². The highest BCUT2D eigenvalue weighted by Gasteiger charge is 1.96. The Morgan fingerprint density at radius 3 is 1.80 bits per heavy atom. The van der Waals surface area contributed by atoms with Gasteiger partial charge < -0.3 is 0 Å². The zero-order valence-corrected chi connectivity index (χ0v) is 4.57. The summed E-state index contributed by atoms with van der Waals surface area (Å²) in [5, 5.41) is 0. The van der Waals surface area contributed by atoms with E-state index in [1.165, 1.54) is 17.9 Å². The van der Waals surface area contributed by atoms with Gasteiger partial charge in [0, 0.05) is 11.5 Å². The third-order valence-corrected chi connectivity index (χ3v) is 3.12. The maximum atomic E-state index is 1.99. The van der Waals surface area contributed by atoms with E-state index >= 15 is 0 Å². The van der Waals surface area contributed by atoms with E-state index in [4.69, 9.17) is 0 Å². The molecule has 0 nitrogen and oxygen atoms in total. The van der Waals surface area contributed by atoms with Crippen LogP contribution in [0.15, 0.2) is 0 Å². The highest BCUT2D eigenvalue weighted by atomic mass is 33.1. The average Bonchev–Trinajstić information content (AvgIpc) is 1.76. The van der Waals surface area contributed by atoms with Crippen molar-refractivity contribution in [1.29, 1.82) is 0 Å². The van der Waals surface area contributed by atoms with E-state index in [9.17, 15) is 0 Å². The van der Waals surface area contributed by atoms with E-state index in [0.29, 0.717) is 0 Å². The lowest BCUT2D eigenvalue weighted by atomic mass is 10.6. The quantitative estimate of drug-likeness (QED) is 0.432. The molecule has 0 radical (unpaired) electrons. The Kier molecular flexibility index (Phi) is 1.53. The summed E-state index contributed by atoms with van der Waals surface area (Å²) in [6.07, 6.45) is 1.43. The Hall–Kier alpha value is 0.700. The fraction of sp³-hybridized carbons (Fsp3) is 1.00. The SMILES string of the molecule is C1CSSC1. The molecule has 1 aliphatic heterocycles. The van der Waals surface area contributed by atoms with E-state index in [2.05, 4.69) is 0 Å². The minimum atomic E-state index is 1.38. The highest BCUT2D eigenvalue weighted by molar-refractivity contribution is 8.77. The van der Waals surface area contributed by atoms with Crippen LogP contribution in [-0.2, 0) is 0 Å². The van der Waals surface area contributed by atoms with Crippen LogP contribution in [0, 0.1) is 0 Å². The summed E-state index contributed by atoms with van der Waals surface area (Å²) in [7, 11) is 3.98. The Balaban J connectivity index is 2.08. The lowest BCUT2D eigenvalue weighted by Crippen LogP contribution is -1.63. The van der Waals surface area contributed by atoms with Gasteiger partial charge in [-0.1, -0.05) is 21.6 Å². The monoisotopic (exact) mass is 106 g/mol. The van der Waals surface area contributed by atoms with Gasteiger partial charge in [-0.15, -0.1) is 0 Å². The molecule has 0 bridgehead atoms. The first kappa shape index (κ1) is 3.88. The first-order chi connectivity index (χ1) is 2.50. The van der Waals surface area contributed by atoms with Crippen molar-refractivity contribution in [2.75, 3.05) is 11.5 Å². The fourth-order valence-electron chi connectivity index (χ4n) is 0.295. The third kappa shape index (κ3) is 1.05. The Bertz CT molecular complexity index is 16.5. The topological polar surface area (TPSA) is 0 Å². The van der Waals surface area contributed by atoms with E-state index in [1.54, 1.807) is 0 Å². The summed E-state index contributed by atoms with van der Waals surface area (Å²) in [6, 6.07) is 0. The minimum Gasteiger partial charge on any atom is -0.0941 e. The van der Waals surface area contributed by atoms with Crippen LogP contribution >= 0.6 is 21.6 Å². The number of hydrogen-bond acceptors (Lipinski definition) is 2. The van der Waals surface area contributed by atoms with Crippen LogP contribution in [0.5, 0.6) is 0 Å². The predicted molar refractivity (Wildman–Crippen MR) is 29.5 cm³/mol. The molecule has 5 heavy (non-hydrogen) atoms. The second-order valence-corrected chi connectivity index (χ2v) is 3.70. The van der Waals surface area contributed by atoms with Crippen molar-refractivity contribution in [1.82, 2.24) is 0 Å². The van der Waals surface area contributed by atoms with Crippen molar-refractivity contribution >= 4 is 21.6 Å². The highest BCUT2D eigenvalue weighted by Crippen LogP contribution is 2.29. The van der Waals surface area contributed by atoms with E-state index in [-0.39, 0.29) is 0 Å². The van der Waals surface area contributed by atoms with Crippen LogP contribution in [-0.4, -0.2) is 11.5 Å². The summed E-state index contributed by atoms with van der Waals surface area (Å²) in [5.41, 5.74) is 0. The maximum absolute atomic E-state index is 1.99. The number of rotatable bonds is 0. The molecule has 0 saturated carbocycles. The van der Waals surface area contributed by atoms with Crippen molar-refractivity contribution in [2.45, 2.75) is 6.42 Å². The van der Waals surface area contributed by atoms with Crippen molar-refractivity contribution in [3.05, 3.63) is 0 Å². The minimum absolute atomic E-state index is 1.38. The fourth-order valence-corrected chi connectivity index (χ4v) is 2.65. The summed E-state index contributed by atoms with van der Waals surface area (Å²) < 4.78 is 0. The molecule has 1 rings (SSSR count). The molecule has 1 saturated heterocycles. The molecule has 2 heteroatoms. The van der Waals surface area contributed by atoms with Crippen LogP contribution < -0.4 is 0 Å². The largest absolute Gasteiger partial charge is 0.0941 e. The van der Waals surface area contributed by atoms with Gasteiger partial charge in [-0.3, -0.25) is 0 Å².